The number of ketones is 1. The Hall–Kier alpha value is -2.10. The first kappa shape index (κ1) is 22.6. The molecule has 0 bridgehead atoms. The second kappa shape index (κ2) is 8.95. The molecule has 1 N–H and O–H groups in total. The van der Waals surface area contributed by atoms with E-state index in [1.165, 1.54) is 23.0 Å². The van der Waals surface area contributed by atoms with Crippen molar-refractivity contribution in [3.05, 3.63) is 44.8 Å². The Kier molecular flexibility index (Phi) is 6.74. The summed E-state index contributed by atoms with van der Waals surface area (Å²) in [6, 6.07) is 2.76. The van der Waals surface area contributed by atoms with E-state index in [2.05, 4.69) is 5.10 Å². The Morgan fingerprint density at radius 2 is 2.03 bits per heavy atom. The van der Waals surface area contributed by atoms with Crippen molar-refractivity contribution in [3.63, 3.8) is 0 Å². The maximum atomic E-state index is 13.1. The molecule has 0 saturated carbocycles. The first-order valence-corrected chi connectivity index (χ1v) is 12.2. The molecule has 1 saturated heterocycles. The fraction of sp³-hybridized carbons (Fsp3) is 0.500. The Morgan fingerprint density at radius 3 is 2.63 bits per heavy atom. The smallest absolute Gasteiger partial charge is 0.277 e. The molecule has 30 heavy (non-hydrogen) atoms. The molecule has 1 aliphatic heterocycles. The van der Waals surface area contributed by atoms with E-state index in [4.69, 9.17) is 16.3 Å². The minimum atomic E-state index is -3.60. The fourth-order valence-corrected chi connectivity index (χ4v) is 5.10. The second-order valence-corrected chi connectivity index (χ2v) is 9.64. The van der Waals surface area contributed by atoms with Crippen LogP contribution in [0.2, 0.25) is 5.02 Å². The number of hydrogen-bond acceptors (Lipinski definition) is 6. The summed E-state index contributed by atoms with van der Waals surface area (Å²) in [7, 11) is -3.60. The predicted octanol–water partition coefficient (Wildman–Crippen LogP) is 2.49. The zero-order valence-corrected chi connectivity index (χ0v) is 18.8. The second-order valence-electron chi connectivity index (χ2n) is 7.28. The number of piperidine rings is 1. The lowest BCUT2D eigenvalue weighted by Gasteiger charge is -2.35. The summed E-state index contributed by atoms with van der Waals surface area (Å²) in [5.74, 6) is -0.548. The lowest BCUT2D eigenvalue weighted by Crippen LogP contribution is -2.40. The van der Waals surface area contributed by atoms with Gasteiger partial charge in [0, 0.05) is 44.3 Å². The van der Waals surface area contributed by atoms with E-state index in [1.807, 2.05) is 11.8 Å². The van der Waals surface area contributed by atoms with Gasteiger partial charge in [0.05, 0.1) is 21.7 Å². The molecule has 2 aromatic rings. The number of benzene rings is 1. The number of anilines is 1. The number of nitrogens with zero attached hydrogens (tertiary/aromatic N) is 2. The fourth-order valence-electron chi connectivity index (χ4n) is 3.78. The average Bonchev–Trinajstić information content (AvgIpc) is 3.07. The average molecular weight is 456 g/mol. The lowest BCUT2D eigenvalue weighted by atomic mass is 10.0. The summed E-state index contributed by atoms with van der Waals surface area (Å²) in [5, 5.41) is 2.78. The van der Waals surface area contributed by atoms with Gasteiger partial charge in [0.15, 0.2) is 9.84 Å². The first-order valence-electron chi connectivity index (χ1n) is 9.91. The van der Waals surface area contributed by atoms with Crippen LogP contribution in [0.25, 0.3) is 0 Å². The van der Waals surface area contributed by atoms with Gasteiger partial charge in [-0.25, -0.2) is 8.42 Å². The highest BCUT2D eigenvalue weighted by Gasteiger charge is 2.30. The van der Waals surface area contributed by atoms with Gasteiger partial charge in [-0.3, -0.25) is 14.3 Å². The summed E-state index contributed by atoms with van der Waals surface area (Å²) in [6.07, 6.45) is 4.09. The Balaban J connectivity index is 2.11. The molecule has 10 heteroatoms. The number of H-pyrrole nitrogens is 1. The monoisotopic (exact) mass is 455 g/mol. The van der Waals surface area contributed by atoms with Gasteiger partial charge in [0.1, 0.15) is 5.56 Å². The third kappa shape index (κ3) is 4.33. The number of halogens is 1. The van der Waals surface area contributed by atoms with Crippen molar-refractivity contribution in [2.45, 2.75) is 44.2 Å². The Morgan fingerprint density at radius 1 is 1.30 bits per heavy atom. The van der Waals surface area contributed by atoms with Crippen LogP contribution in [-0.2, 0) is 21.1 Å². The molecule has 8 nitrogen and oxygen atoms in total. The molecule has 0 aliphatic carbocycles. The van der Waals surface area contributed by atoms with E-state index in [9.17, 15) is 18.0 Å². The van der Waals surface area contributed by atoms with Crippen LogP contribution < -0.4 is 10.5 Å². The Bertz CT molecular complexity index is 1100. The summed E-state index contributed by atoms with van der Waals surface area (Å²) in [5.41, 5.74) is -0.0953. The van der Waals surface area contributed by atoms with Gasteiger partial charge < -0.3 is 14.7 Å². The maximum Gasteiger partial charge on any atom is 0.277 e. The molecule has 1 aromatic heterocycles. The van der Waals surface area contributed by atoms with E-state index in [0.29, 0.717) is 31.9 Å². The molecule has 0 radical (unpaired) electrons. The molecular weight excluding hydrogens is 430 g/mol. The van der Waals surface area contributed by atoms with Crippen LogP contribution in [0.5, 0.6) is 0 Å². The standard InChI is InChI=1S/C20H26ClN3O5S/c1-4-24-20(26)15(11-22-24)19(25)14-8-9-16(30(3,27)28)18(17(14)21)23-10-6-7-13(12-23)29-5-2/h8-9,11,13,22H,4-7,10,12H2,1-3H3. The van der Waals surface area contributed by atoms with Crippen molar-refractivity contribution in [3.8, 4) is 0 Å². The van der Waals surface area contributed by atoms with Gasteiger partial charge in [-0.2, -0.15) is 0 Å². The van der Waals surface area contributed by atoms with E-state index in [-0.39, 0.29) is 27.1 Å². The van der Waals surface area contributed by atoms with Crippen molar-refractivity contribution in [1.29, 1.82) is 0 Å². The molecule has 0 spiro atoms. The molecule has 1 aliphatic rings. The number of aromatic nitrogens is 2. The number of rotatable bonds is 7. The van der Waals surface area contributed by atoms with Crippen LogP contribution in [0.3, 0.4) is 0 Å². The minimum Gasteiger partial charge on any atom is -0.377 e. The van der Waals surface area contributed by atoms with Crippen LogP contribution in [-0.4, -0.2) is 56.0 Å². The van der Waals surface area contributed by atoms with E-state index in [0.717, 1.165) is 19.1 Å². The first-order chi connectivity index (χ1) is 14.2. The molecule has 2 heterocycles. The number of aryl methyl sites for hydroxylation is 1. The van der Waals surface area contributed by atoms with Crippen molar-refractivity contribution < 1.29 is 17.9 Å². The normalized spacial score (nSPS) is 17.3. The van der Waals surface area contributed by atoms with Crippen LogP contribution >= 0.6 is 11.6 Å². The van der Waals surface area contributed by atoms with Gasteiger partial charge in [-0.15, -0.1) is 0 Å². The minimum absolute atomic E-state index is 0.0312. The summed E-state index contributed by atoms with van der Waals surface area (Å²) in [6.45, 7) is 5.71. The Labute approximate surface area is 180 Å². The van der Waals surface area contributed by atoms with Crippen molar-refractivity contribution in [1.82, 2.24) is 9.78 Å². The molecule has 1 fully saturated rings. The van der Waals surface area contributed by atoms with Crippen LogP contribution in [0.1, 0.15) is 42.6 Å². The molecule has 3 rings (SSSR count). The highest BCUT2D eigenvalue weighted by atomic mass is 35.5. The van der Waals surface area contributed by atoms with E-state index in [1.54, 1.807) is 6.92 Å². The van der Waals surface area contributed by atoms with Gasteiger partial charge in [0.2, 0.25) is 5.78 Å². The van der Waals surface area contributed by atoms with Crippen molar-refractivity contribution in [2.75, 3.05) is 30.9 Å². The molecular formula is C20H26ClN3O5S. The molecule has 1 atom stereocenters. The van der Waals surface area contributed by atoms with Crippen LogP contribution in [0.15, 0.2) is 28.0 Å². The number of carbonyl (C=O) groups excluding carboxylic acids is 1. The highest BCUT2D eigenvalue weighted by Crippen LogP contribution is 2.38. The van der Waals surface area contributed by atoms with Gasteiger partial charge in [-0.05, 0) is 38.8 Å². The van der Waals surface area contributed by atoms with Crippen LogP contribution in [0, 0.1) is 0 Å². The zero-order chi connectivity index (χ0) is 22.1. The predicted molar refractivity (Wildman–Crippen MR) is 116 cm³/mol. The molecule has 164 valence electrons. The van der Waals surface area contributed by atoms with Gasteiger partial charge in [-0.1, -0.05) is 11.6 Å². The highest BCUT2D eigenvalue weighted by molar-refractivity contribution is 7.90. The summed E-state index contributed by atoms with van der Waals surface area (Å²) >= 11 is 6.63. The van der Waals surface area contributed by atoms with E-state index >= 15 is 0 Å². The quantitative estimate of drug-likeness (QED) is 0.643. The summed E-state index contributed by atoms with van der Waals surface area (Å²) in [4.78, 5) is 27.4. The number of sulfone groups is 1. The SMILES string of the molecule is CCOC1CCCN(c2c(S(C)(=O)=O)ccc(C(=O)c3c[nH]n(CC)c3=O)c2Cl)C1. The third-order valence-corrected chi connectivity index (χ3v) is 6.73. The molecule has 1 unspecified atom stereocenters. The third-order valence-electron chi connectivity index (χ3n) is 5.22. The number of nitrogens with one attached hydrogen (secondary N) is 1. The topological polar surface area (TPSA) is 101 Å². The summed E-state index contributed by atoms with van der Waals surface area (Å²) < 4.78 is 31.9. The van der Waals surface area contributed by atoms with Crippen LogP contribution in [0.4, 0.5) is 5.69 Å². The number of ether oxygens (including phenoxy) is 1. The number of aromatic amines is 1. The largest absolute Gasteiger partial charge is 0.377 e. The zero-order valence-electron chi connectivity index (χ0n) is 17.3. The number of carbonyl (C=O) groups is 1. The van der Waals surface area contributed by atoms with Gasteiger partial charge >= 0.3 is 0 Å². The molecule has 1 aromatic carbocycles. The number of hydrogen-bond donors (Lipinski definition) is 1. The molecule has 0 amide bonds. The lowest BCUT2D eigenvalue weighted by molar-refractivity contribution is 0.0526. The van der Waals surface area contributed by atoms with Crippen molar-refractivity contribution >= 4 is 32.9 Å². The van der Waals surface area contributed by atoms with Crippen molar-refractivity contribution in [2.24, 2.45) is 0 Å². The maximum absolute atomic E-state index is 13.1. The van der Waals surface area contributed by atoms with E-state index < -0.39 is 21.2 Å². The van der Waals surface area contributed by atoms with Gasteiger partial charge in [0.25, 0.3) is 5.56 Å².